The molecule has 1 saturated heterocycles. The number of ether oxygens (including phenoxy) is 2. The molecule has 1 aromatic carbocycles. The Labute approximate surface area is 148 Å². The van der Waals surface area contributed by atoms with Gasteiger partial charge in [-0.25, -0.2) is 8.42 Å². The average Bonchev–Trinajstić information content (AvgIpc) is 2.55. The van der Waals surface area contributed by atoms with Gasteiger partial charge in [-0.2, -0.15) is 4.31 Å². The number of hydrogen-bond acceptors (Lipinski definition) is 5. The van der Waals surface area contributed by atoms with Crippen LogP contribution < -0.4 is 15.4 Å². The zero-order valence-electron chi connectivity index (χ0n) is 14.0. The van der Waals surface area contributed by atoms with Gasteiger partial charge in [-0.15, -0.1) is 0 Å². The van der Waals surface area contributed by atoms with Crippen LogP contribution in [0.2, 0.25) is 0 Å². The van der Waals surface area contributed by atoms with Crippen LogP contribution in [-0.4, -0.2) is 57.3 Å². The molecule has 24 heavy (non-hydrogen) atoms. The van der Waals surface area contributed by atoms with Gasteiger partial charge in [-0.05, 0) is 38.2 Å². The van der Waals surface area contributed by atoms with E-state index in [2.05, 4.69) is 10.6 Å². The third-order valence-electron chi connectivity index (χ3n) is 3.45. The standard InChI is InChI=1S/C15H23N3O4S2/c1-11(2)16-15(23)17-13-5-4-12(10-14(13)21-3)24(19,20)18-6-8-22-9-7-18/h4-5,10-11H,6-9H2,1-3H3,(H2,16,17,23). The summed E-state index contributed by atoms with van der Waals surface area (Å²) in [6.45, 7) is 5.48. The predicted octanol–water partition coefficient (Wildman–Crippen LogP) is 1.41. The van der Waals surface area contributed by atoms with Gasteiger partial charge in [-0.3, -0.25) is 0 Å². The van der Waals surface area contributed by atoms with E-state index in [-0.39, 0.29) is 10.9 Å². The lowest BCUT2D eigenvalue weighted by molar-refractivity contribution is 0.0730. The van der Waals surface area contributed by atoms with Gasteiger partial charge in [0.25, 0.3) is 0 Å². The van der Waals surface area contributed by atoms with Gasteiger partial charge < -0.3 is 20.1 Å². The number of methoxy groups -OCH3 is 1. The first-order valence-electron chi connectivity index (χ1n) is 7.68. The molecule has 0 atom stereocenters. The van der Waals surface area contributed by atoms with Crippen molar-refractivity contribution in [1.82, 2.24) is 9.62 Å². The van der Waals surface area contributed by atoms with Crippen molar-refractivity contribution < 1.29 is 17.9 Å². The maximum Gasteiger partial charge on any atom is 0.243 e. The van der Waals surface area contributed by atoms with E-state index in [1.165, 1.54) is 17.5 Å². The third kappa shape index (κ3) is 4.56. The summed E-state index contributed by atoms with van der Waals surface area (Å²) in [5.41, 5.74) is 0.608. The number of rotatable bonds is 5. The number of thiocarbonyl (C=S) groups is 1. The molecule has 0 amide bonds. The summed E-state index contributed by atoms with van der Waals surface area (Å²) in [5.74, 6) is 0.414. The molecule has 0 aliphatic carbocycles. The van der Waals surface area contributed by atoms with E-state index in [1.54, 1.807) is 12.1 Å². The predicted molar refractivity (Wildman–Crippen MR) is 97.1 cm³/mol. The summed E-state index contributed by atoms with van der Waals surface area (Å²) in [4.78, 5) is 0.189. The molecule has 1 aromatic rings. The van der Waals surface area contributed by atoms with E-state index >= 15 is 0 Å². The Kier molecular flexibility index (Phi) is 6.39. The second-order valence-electron chi connectivity index (χ2n) is 5.63. The number of morpholine rings is 1. The van der Waals surface area contributed by atoms with Crippen LogP contribution in [0.1, 0.15) is 13.8 Å². The summed E-state index contributed by atoms with van der Waals surface area (Å²) < 4.78 is 37.3. The molecule has 1 aliphatic rings. The molecule has 134 valence electrons. The molecule has 1 aliphatic heterocycles. The van der Waals surface area contributed by atoms with Crippen molar-refractivity contribution in [2.24, 2.45) is 0 Å². The van der Waals surface area contributed by atoms with Crippen LogP contribution in [0.5, 0.6) is 5.75 Å². The third-order valence-corrected chi connectivity index (χ3v) is 5.56. The van der Waals surface area contributed by atoms with Crippen molar-refractivity contribution in [3.8, 4) is 5.75 Å². The van der Waals surface area contributed by atoms with Crippen LogP contribution in [0.25, 0.3) is 0 Å². The summed E-state index contributed by atoms with van der Waals surface area (Å²) in [7, 11) is -2.07. The van der Waals surface area contributed by atoms with Crippen molar-refractivity contribution in [2.45, 2.75) is 24.8 Å². The van der Waals surface area contributed by atoms with Crippen molar-refractivity contribution in [2.75, 3.05) is 38.7 Å². The number of sulfonamides is 1. The van der Waals surface area contributed by atoms with Gasteiger partial charge in [-0.1, -0.05) is 0 Å². The highest BCUT2D eigenvalue weighted by molar-refractivity contribution is 7.89. The number of nitrogens with one attached hydrogen (secondary N) is 2. The Morgan fingerprint density at radius 2 is 2.00 bits per heavy atom. The molecule has 1 fully saturated rings. The Hall–Kier alpha value is -1.42. The fourth-order valence-corrected chi connectivity index (χ4v) is 4.06. The fourth-order valence-electron chi connectivity index (χ4n) is 2.29. The number of benzene rings is 1. The lowest BCUT2D eigenvalue weighted by Crippen LogP contribution is -2.40. The molecule has 0 radical (unpaired) electrons. The molecule has 0 spiro atoms. The Morgan fingerprint density at radius 1 is 1.33 bits per heavy atom. The highest BCUT2D eigenvalue weighted by Crippen LogP contribution is 2.29. The maximum atomic E-state index is 12.7. The first kappa shape index (κ1) is 18.9. The van der Waals surface area contributed by atoms with Crippen LogP contribution in [0.3, 0.4) is 0 Å². The topological polar surface area (TPSA) is 79.9 Å². The Bertz CT molecular complexity index is 686. The van der Waals surface area contributed by atoms with Gasteiger partial charge in [0, 0.05) is 25.2 Å². The highest BCUT2D eigenvalue weighted by atomic mass is 32.2. The van der Waals surface area contributed by atoms with Crippen molar-refractivity contribution in [3.05, 3.63) is 18.2 Å². The lowest BCUT2D eigenvalue weighted by atomic mass is 10.3. The van der Waals surface area contributed by atoms with Crippen LogP contribution in [0.4, 0.5) is 5.69 Å². The largest absolute Gasteiger partial charge is 0.495 e. The normalized spacial score (nSPS) is 16.0. The summed E-state index contributed by atoms with van der Waals surface area (Å²) in [5, 5.41) is 6.53. The summed E-state index contributed by atoms with van der Waals surface area (Å²) in [6, 6.07) is 4.90. The molecule has 2 rings (SSSR count). The monoisotopic (exact) mass is 373 g/mol. The van der Waals surface area contributed by atoms with Crippen LogP contribution in [-0.2, 0) is 14.8 Å². The van der Waals surface area contributed by atoms with Crippen molar-refractivity contribution >= 4 is 33.0 Å². The maximum absolute atomic E-state index is 12.7. The molecule has 9 heteroatoms. The first-order valence-corrected chi connectivity index (χ1v) is 9.53. The van der Waals surface area contributed by atoms with Gasteiger partial charge in [0.05, 0.1) is 30.9 Å². The van der Waals surface area contributed by atoms with Crippen LogP contribution in [0, 0.1) is 0 Å². The van der Waals surface area contributed by atoms with Crippen LogP contribution in [0.15, 0.2) is 23.1 Å². The minimum absolute atomic E-state index is 0.189. The minimum Gasteiger partial charge on any atom is -0.495 e. The van der Waals surface area contributed by atoms with Gasteiger partial charge in [0.2, 0.25) is 10.0 Å². The van der Waals surface area contributed by atoms with E-state index in [9.17, 15) is 8.42 Å². The molecule has 0 unspecified atom stereocenters. The molecule has 1 heterocycles. The molecule has 0 aromatic heterocycles. The molecule has 7 nitrogen and oxygen atoms in total. The summed E-state index contributed by atoms with van der Waals surface area (Å²) >= 11 is 5.21. The molecule has 0 saturated carbocycles. The molecule has 0 bridgehead atoms. The second-order valence-corrected chi connectivity index (χ2v) is 7.98. The zero-order valence-corrected chi connectivity index (χ0v) is 15.7. The Morgan fingerprint density at radius 3 is 2.58 bits per heavy atom. The van der Waals surface area contributed by atoms with Crippen molar-refractivity contribution in [3.63, 3.8) is 0 Å². The van der Waals surface area contributed by atoms with E-state index in [4.69, 9.17) is 21.7 Å². The number of nitrogens with zero attached hydrogens (tertiary/aromatic N) is 1. The molecule has 2 N–H and O–H groups in total. The smallest absolute Gasteiger partial charge is 0.243 e. The highest BCUT2D eigenvalue weighted by Gasteiger charge is 2.27. The van der Waals surface area contributed by atoms with Gasteiger partial charge in [0.15, 0.2) is 5.11 Å². The zero-order chi connectivity index (χ0) is 17.7. The SMILES string of the molecule is COc1cc(S(=O)(=O)N2CCOCC2)ccc1NC(=S)NC(C)C. The molecular formula is C15H23N3O4S2. The van der Waals surface area contributed by atoms with E-state index in [1.807, 2.05) is 13.8 Å². The van der Waals surface area contributed by atoms with Gasteiger partial charge in [0.1, 0.15) is 5.75 Å². The van der Waals surface area contributed by atoms with Crippen LogP contribution >= 0.6 is 12.2 Å². The first-order chi connectivity index (χ1) is 11.3. The lowest BCUT2D eigenvalue weighted by Gasteiger charge is -2.26. The number of anilines is 1. The second kappa shape index (κ2) is 8.11. The fraction of sp³-hybridized carbons (Fsp3) is 0.533. The molecular weight excluding hydrogens is 350 g/mol. The quantitative estimate of drug-likeness (QED) is 0.756. The number of hydrogen-bond donors (Lipinski definition) is 2. The van der Waals surface area contributed by atoms with Crippen molar-refractivity contribution in [1.29, 1.82) is 0 Å². The average molecular weight is 374 g/mol. The minimum atomic E-state index is -3.56. The summed E-state index contributed by atoms with van der Waals surface area (Å²) in [6.07, 6.45) is 0. The Balaban J connectivity index is 2.23. The van der Waals surface area contributed by atoms with Gasteiger partial charge >= 0.3 is 0 Å². The van der Waals surface area contributed by atoms with E-state index in [0.717, 1.165) is 0 Å². The van der Waals surface area contributed by atoms with E-state index < -0.39 is 10.0 Å². The van der Waals surface area contributed by atoms with E-state index in [0.29, 0.717) is 42.9 Å².